The molecule has 0 atom stereocenters. The highest BCUT2D eigenvalue weighted by Crippen LogP contribution is 2.32. The Labute approximate surface area is 245 Å². The van der Waals surface area contributed by atoms with E-state index in [9.17, 15) is 10.1 Å². The minimum Gasteiger partial charge on any atom is -0.450 e. The number of hydrogen-bond donors (Lipinski definition) is 3. The number of nitrogens with two attached hydrogens (primary N) is 1. The van der Waals surface area contributed by atoms with Crippen molar-refractivity contribution in [3.63, 3.8) is 0 Å². The van der Waals surface area contributed by atoms with Crippen molar-refractivity contribution >= 4 is 40.0 Å². The molecule has 0 aliphatic carbocycles. The fraction of sp³-hybridized carbons (Fsp3) is 0.300. The van der Waals surface area contributed by atoms with Gasteiger partial charge in [0.05, 0.1) is 13.2 Å². The van der Waals surface area contributed by atoms with Gasteiger partial charge in [0.25, 0.3) is 5.95 Å². The van der Waals surface area contributed by atoms with Crippen molar-refractivity contribution in [3.8, 4) is 0 Å². The summed E-state index contributed by atoms with van der Waals surface area (Å²) < 4.78 is 11.8. The zero-order chi connectivity index (χ0) is 30.3. The van der Waals surface area contributed by atoms with E-state index < -0.39 is 5.03 Å². The van der Waals surface area contributed by atoms with Crippen LogP contribution >= 0.6 is 0 Å². The van der Waals surface area contributed by atoms with E-state index in [1.54, 1.807) is 12.1 Å². The first-order chi connectivity index (χ1) is 20.4. The quantitative estimate of drug-likeness (QED) is 0.108. The number of fused-ring (bicyclic) bond motifs is 1. The van der Waals surface area contributed by atoms with E-state index in [0.29, 0.717) is 60.2 Å². The number of rotatable bonds is 9. The molecule has 0 amide bonds. The van der Waals surface area contributed by atoms with Crippen LogP contribution in [0.5, 0.6) is 0 Å². The Morgan fingerprint density at radius 3 is 2.57 bits per heavy atom. The molecular weight excluding hydrogens is 536 g/mol. The summed E-state index contributed by atoms with van der Waals surface area (Å²) >= 11 is 0. The van der Waals surface area contributed by atoms with E-state index in [1.165, 1.54) is 6.08 Å². The molecule has 222 valence electrons. The summed E-state index contributed by atoms with van der Waals surface area (Å²) in [4.78, 5) is 26.9. The number of nitrogens with one attached hydrogen (secondary N) is 2. The average molecular weight is 575 g/mol. The molecule has 0 bridgehead atoms. The third kappa shape index (κ3) is 9.11. The fourth-order valence-corrected chi connectivity index (χ4v) is 3.94. The lowest BCUT2D eigenvalue weighted by Crippen LogP contribution is -2.36. The third-order valence-corrected chi connectivity index (χ3v) is 5.76. The van der Waals surface area contributed by atoms with Gasteiger partial charge in [-0.3, -0.25) is 0 Å². The molecule has 1 aromatic carbocycles. The summed E-state index contributed by atoms with van der Waals surface area (Å²) in [6, 6.07) is 10.9. The van der Waals surface area contributed by atoms with Crippen LogP contribution in [0.1, 0.15) is 31.6 Å². The molecule has 3 aromatic rings. The Morgan fingerprint density at radius 2 is 1.93 bits per heavy atom. The number of nitrogens with zero attached hydrogens (tertiary/aromatic N) is 5. The number of aliphatic imine (C=N–C) groups is 1. The van der Waals surface area contributed by atoms with E-state index in [1.807, 2.05) is 74.5 Å². The summed E-state index contributed by atoms with van der Waals surface area (Å²) in [5, 5.41) is 13.4. The largest absolute Gasteiger partial charge is 0.450 e. The maximum absolute atomic E-state index is 11.3. The number of anilines is 1. The number of aromatic nitrogens is 2. The standard InChI is InChI=1S/C28H31N7O4.C2H7N/c1-3-5-7-13-21(10-4-2)24-19-23-26(39-24)27(34-14-16-38-17-15-34)32-28(30-23)31-25(33-35(36)37)18-22(29)20-11-8-6-9-12-20;1-3-2/h4-13,18-19H,3,14-17,29H2,1-2H3,(H,30,31,32,33);3H,1-2H3/b7-5+,10-4-,21-13+,22-18-;. The van der Waals surface area contributed by atoms with Crippen LogP contribution in [0, 0.1) is 10.1 Å². The summed E-state index contributed by atoms with van der Waals surface area (Å²) in [6.07, 6.45) is 12.2. The highest BCUT2D eigenvalue weighted by atomic mass is 16.7. The van der Waals surface area contributed by atoms with Crippen molar-refractivity contribution in [2.24, 2.45) is 10.7 Å². The van der Waals surface area contributed by atoms with Crippen LogP contribution in [0.4, 0.5) is 11.8 Å². The smallest absolute Gasteiger partial charge is 0.254 e. The van der Waals surface area contributed by atoms with Crippen LogP contribution in [-0.2, 0) is 4.74 Å². The molecule has 1 aliphatic rings. The highest BCUT2D eigenvalue weighted by molar-refractivity contribution is 5.99. The Morgan fingerprint density at radius 1 is 1.21 bits per heavy atom. The van der Waals surface area contributed by atoms with Gasteiger partial charge >= 0.3 is 0 Å². The Balaban J connectivity index is 0.00000155. The third-order valence-electron chi connectivity index (χ3n) is 5.76. The zero-order valence-electron chi connectivity index (χ0n) is 24.4. The number of nitro groups is 1. The number of benzene rings is 1. The lowest BCUT2D eigenvalue weighted by atomic mass is 10.1. The maximum Gasteiger partial charge on any atom is 0.254 e. The van der Waals surface area contributed by atoms with Gasteiger partial charge in [-0.05, 0) is 33.0 Å². The molecule has 4 N–H and O–H groups in total. The Hall–Kier alpha value is -4.81. The van der Waals surface area contributed by atoms with Gasteiger partial charge in [-0.2, -0.15) is 9.98 Å². The van der Waals surface area contributed by atoms with Gasteiger partial charge in [-0.25, -0.2) is 15.1 Å². The van der Waals surface area contributed by atoms with Crippen LogP contribution in [-0.4, -0.2) is 61.2 Å². The van der Waals surface area contributed by atoms with Gasteiger partial charge in [0, 0.05) is 36.5 Å². The molecule has 1 aliphatic heterocycles. The zero-order valence-corrected chi connectivity index (χ0v) is 24.4. The summed E-state index contributed by atoms with van der Waals surface area (Å²) in [5.74, 6) is 1.07. The predicted molar refractivity (Wildman–Crippen MR) is 168 cm³/mol. The topological polar surface area (TPSA) is 157 Å². The minimum absolute atomic E-state index is 0.0280. The molecule has 3 heterocycles. The molecule has 0 spiro atoms. The number of amidine groups is 1. The number of ether oxygens (including phenoxy) is 1. The number of furan rings is 1. The summed E-state index contributed by atoms with van der Waals surface area (Å²) in [7, 11) is 3.75. The SMILES string of the molecule is CNC.C\C=C/C(=C\C=C\CC)c1cc2nc(/N=C(\C=C(/N)c3ccccc3)N[N+](=O)[O-])nc(N3CCOCC3)c2o1. The molecule has 42 heavy (non-hydrogen) atoms. The lowest BCUT2D eigenvalue weighted by molar-refractivity contribution is -0.524. The van der Waals surface area contributed by atoms with Gasteiger partial charge in [0.15, 0.2) is 22.3 Å². The van der Waals surface area contributed by atoms with Crippen LogP contribution in [0.15, 0.2) is 82.3 Å². The Kier molecular flexibility index (Phi) is 12.4. The van der Waals surface area contributed by atoms with Crippen molar-refractivity contribution in [2.45, 2.75) is 20.3 Å². The Bertz CT molecular complexity index is 1470. The van der Waals surface area contributed by atoms with Gasteiger partial charge in [0.1, 0.15) is 11.3 Å². The number of hydrogen-bond acceptors (Lipinski definition) is 10. The van der Waals surface area contributed by atoms with Crippen LogP contribution in [0.3, 0.4) is 0 Å². The van der Waals surface area contributed by atoms with E-state index in [2.05, 4.69) is 38.7 Å². The van der Waals surface area contributed by atoms with E-state index in [4.69, 9.17) is 14.9 Å². The molecule has 2 aromatic heterocycles. The minimum atomic E-state index is -0.705. The average Bonchev–Trinajstić information content (AvgIpc) is 3.41. The van der Waals surface area contributed by atoms with Crippen molar-refractivity contribution < 1.29 is 14.2 Å². The maximum atomic E-state index is 11.3. The van der Waals surface area contributed by atoms with Gasteiger partial charge in [-0.15, -0.1) is 0 Å². The number of morpholine rings is 1. The molecular formula is C30H38N8O4. The number of hydrazine groups is 1. The second-order valence-corrected chi connectivity index (χ2v) is 9.06. The van der Waals surface area contributed by atoms with Crippen molar-refractivity contribution in [1.82, 2.24) is 20.7 Å². The van der Waals surface area contributed by atoms with Gasteiger partial charge in [0.2, 0.25) is 0 Å². The monoisotopic (exact) mass is 574 g/mol. The van der Waals surface area contributed by atoms with Crippen molar-refractivity contribution in [2.75, 3.05) is 45.3 Å². The first-order valence-electron chi connectivity index (χ1n) is 13.6. The summed E-state index contributed by atoms with van der Waals surface area (Å²) in [6.45, 7) is 6.27. The molecule has 1 fully saturated rings. The highest BCUT2D eigenvalue weighted by Gasteiger charge is 2.22. The molecule has 1 saturated heterocycles. The summed E-state index contributed by atoms with van der Waals surface area (Å²) in [5.41, 5.74) is 11.2. The second-order valence-electron chi connectivity index (χ2n) is 9.06. The molecule has 12 heteroatoms. The van der Waals surface area contributed by atoms with E-state index in [0.717, 1.165) is 12.0 Å². The van der Waals surface area contributed by atoms with E-state index in [-0.39, 0.29) is 11.8 Å². The van der Waals surface area contributed by atoms with E-state index >= 15 is 0 Å². The molecule has 0 unspecified atom stereocenters. The second kappa shape index (κ2) is 16.5. The van der Waals surface area contributed by atoms with Crippen molar-refractivity contribution in [3.05, 3.63) is 94.3 Å². The molecule has 0 saturated carbocycles. The predicted octanol–water partition coefficient (Wildman–Crippen LogP) is 4.63. The van der Waals surface area contributed by atoms with Crippen LogP contribution in [0.2, 0.25) is 0 Å². The van der Waals surface area contributed by atoms with Crippen LogP contribution < -0.4 is 21.4 Å². The van der Waals surface area contributed by atoms with Crippen molar-refractivity contribution in [1.29, 1.82) is 0 Å². The molecule has 4 rings (SSSR count). The first kappa shape index (κ1) is 31.7. The van der Waals surface area contributed by atoms with Crippen LogP contribution in [0.25, 0.3) is 22.4 Å². The lowest BCUT2D eigenvalue weighted by Gasteiger charge is -2.27. The normalized spacial score (nSPS) is 14.9. The molecule has 0 radical (unpaired) electrons. The van der Waals surface area contributed by atoms with Gasteiger partial charge in [-0.1, -0.05) is 73.1 Å². The fourth-order valence-electron chi connectivity index (χ4n) is 3.94. The van der Waals surface area contributed by atoms with Gasteiger partial charge < -0.3 is 25.1 Å². The molecule has 12 nitrogen and oxygen atoms in total. The first-order valence-corrected chi connectivity index (χ1v) is 13.6. The number of allylic oxidation sites excluding steroid dienone is 6.